The van der Waals surface area contributed by atoms with Crippen molar-refractivity contribution in [2.75, 3.05) is 6.54 Å². The third-order valence-corrected chi connectivity index (χ3v) is 6.85. The van der Waals surface area contributed by atoms with Crippen LogP contribution in [-0.4, -0.2) is 32.9 Å². The van der Waals surface area contributed by atoms with Crippen molar-refractivity contribution in [3.8, 4) is 17.6 Å². The fourth-order valence-electron chi connectivity index (χ4n) is 5.18. The summed E-state index contributed by atoms with van der Waals surface area (Å²) in [5, 5.41) is 13.1. The summed E-state index contributed by atoms with van der Waals surface area (Å²) < 4.78 is 8.29. The van der Waals surface area contributed by atoms with Crippen LogP contribution in [0.1, 0.15) is 46.8 Å². The molecule has 1 saturated heterocycles. The van der Waals surface area contributed by atoms with E-state index in [1.807, 2.05) is 35.4 Å². The van der Waals surface area contributed by atoms with Gasteiger partial charge in [0.25, 0.3) is 0 Å². The molecule has 32 heavy (non-hydrogen) atoms. The number of ether oxygens (including phenoxy) is 1. The van der Waals surface area contributed by atoms with Crippen molar-refractivity contribution in [1.82, 2.24) is 19.8 Å². The van der Waals surface area contributed by atoms with Crippen LogP contribution < -0.4 is 10.1 Å². The van der Waals surface area contributed by atoms with Crippen LogP contribution >= 0.6 is 0 Å². The highest BCUT2D eigenvalue weighted by Crippen LogP contribution is 2.40. The number of hydrogen-bond acceptors (Lipinski definition) is 5. The average molecular weight is 425 g/mol. The Balaban J connectivity index is 1.45. The molecule has 3 heterocycles. The molecule has 0 spiro atoms. The Bertz CT molecular complexity index is 1260. The van der Waals surface area contributed by atoms with Crippen molar-refractivity contribution < 1.29 is 9.53 Å². The molecule has 1 fully saturated rings. The van der Waals surface area contributed by atoms with Crippen LogP contribution in [0.3, 0.4) is 0 Å². The first-order valence-electron chi connectivity index (χ1n) is 11.1. The predicted octanol–water partition coefficient (Wildman–Crippen LogP) is 3.29. The van der Waals surface area contributed by atoms with Gasteiger partial charge in [-0.1, -0.05) is 12.1 Å². The highest BCUT2D eigenvalue weighted by Gasteiger charge is 2.39. The predicted molar refractivity (Wildman–Crippen MR) is 117 cm³/mol. The third-order valence-electron chi connectivity index (χ3n) is 6.85. The van der Waals surface area contributed by atoms with Crippen molar-refractivity contribution >= 4 is 5.91 Å². The van der Waals surface area contributed by atoms with Gasteiger partial charge in [0, 0.05) is 25.8 Å². The van der Waals surface area contributed by atoms with E-state index in [2.05, 4.69) is 33.1 Å². The molecule has 3 aromatic rings. The van der Waals surface area contributed by atoms with Crippen molar-refractivity contribution in [2.24, 2.45) is 0 Å². The molecule has 6 rings (SSSR count). The molecule has 7 nitrogen and oxygen atoms in total. The van der Waals surface area contributed by atoms with Crippen molar-refractivity contribution in [3.05, 3.63) is 76.9 Å². The standard InChI is InChI=1S/C25H23N5O2/c26-11-18-2-1-16-9-24(18)32-20-5-3-17-4-6-23(21(17)10-20)30-8-7-22(25(30)31)28-13-19-12-27-15-29(19)14-16/h1-3,5,9-10,12,15,22-23,28H,4,6-8,13-14H2/t22-,23-/m0/s1. The van der Waals surface area contributed by atoms with Gasteiger partial charge in [0.15, 0.2) is 0 Å². The van der Waals surface area contributed by atoms with Gasteiger partial charge in [0.2, 0.25) is 5.91 Å². The Labute approximate surface area is 186 Å². The van der Waals surface area contributed by atoms with Crippen molar-refractivity contribution in [2.45, 2.75) is 44.4 Å². The monoisotopic (exact) mass is 425 g/mol. The van der Waals surface area contributed by atoms with E-state index < -0.39 is 0 Å². The van der Waals surface area contributed by atoms with Gasteiger partial charge in [0.1, 0.15) is 17.6 Å². The molecule has 3 aliphatic rings. The lowest BCUT2D eigenvalue weighted by atomic mass is 10.1. The Morgan fingerprint density at radius 1 is 1.19 bits per heavy atom. The number of amides is 1. The first kappa shape index (κ1) is 19.1. The molecule has 2 aliphatic heterocycles. The molecule has 2 atom stereocenters. The maximum Gasteiger partial charge on any atom is 0.240 e. The van der Waals surface area contributed by atoms with Gasteiger partial charge in [-0.25, -0.2) is 4.98 Å². The molecule has 0 radical (unpaired) electrons. The number of carbonyl (C=O) groups is 1. The van der Waals surface area contributed by atoms with Crippen molar-refractivity contribution in [1.29, 1.82) is 5.26 Å². The largest absolute Gasteiger partial charge is 0.456 e. The highest BCUT2D eigenvalue weighted by molar-refractivity contribution is 5.84. The molecule has 1 amide bonds. The topological polar surface area (TPSA) is 83.2 Å². The first-order valence-corrected chi connectivity index (χ1v) is 11.1. The minimum Gasteiger partial charge on any atom is -0.456 e. The summed E-state index contributed by atoms with van der Waals surface area (Å²) in [6, 6.07) is 13.9. The van der Waals surface area contributed by atoms with Gasteiger partial charge in [-0.15, -0.1) is 0 Å². The zero-order chi connectivity index (χ0) is 21.7. The van der Waals surface area contributed by atoms with E-state index in [1.165, 1.54) is 5.56 Å². The summed E-state index contributed by atoms with van der Waals surface area (Å²) in [5.41, 5.74) is 4.97. The molecular formula is C25H23N5O2. The van der Waals surface area contributed by atoms with Gasteiger partial charge in [-0.2, -0.15) is 5.26 Å². The summed E-state index contributed by atoms with van der Waals surface area (Å²) in [5.74, 6) is 1.41. The van der Waals surface area contributed by atoms with Gasteiger partial charge >= 0.3 is 0 Å². The normalized spacial score (nSPS) is 21.7. The maximum absolute atomic E-state index is 13.2. The number of hydrogen-bond donors (Lipinski definition) is 1. The number of rotatable bonds is 0. The Morgan fingerprint density at radius 3 is 3.03 bits per heavy atom. The zero-order valence-electron chi connectivity index (χ0n) is 17.6. The van der Waals surface area contributed by atoms with Gasteiger partial charge in [-0.3, -0.25) is 4.79 Å². The van der Waals surface area contributed by atoms with Crippen LogP contribution in [0.4, 0.5) is 0 Å². The van der Waals surface area contributed by atoms with Crippen LogP contribution in [0.5, 0.6) is 11.5 Å². The fourth-order valence-corrected chi connectivity index (χ4v) is 5.18. The molecule has 6 bridgehead atoms. The van der Waals surface area contributed by atoms with E-state index in [1.54, 1.807) is 6.33 Å². The number of nitriles is 1. The first-order chi connectivity index (χ1) is 15.7. The maximum atomic E-state index is 13.2. The van der Waals surface area contributed by atoms with E-state index >= 15 is 0 Å². The molecular weight excluding hydrogens is 402 g/mol. The van der Waals surface area contributed by atoms with Gasteiger partial charge in [0.05, 0.1) is 29.7 Å². The van der Waals surface area contributed by atoms with E-state index in [4.69, 9.17) is 4.74 Å². The molecule has 0 unspecified atom stereocenters. The second-order valence-electron chi connectivity index (χ2n) is 8.73. The zero-order valence-corrected chi connectivity index (χ0v) is 17.6. The van der Waals surface area contributed by atoms with Crippen LogP contribution in [0.15, 0.2) is 48.9 Å². The van der Waals surface area contributed by atoms with Crippen LogP contribution in [0, 0.1) is 11.3 Å². The summed E-state index contributed by atoms with van der Waals surface area (Å²) in [7, 11) is 0. The molecule has 1 aromatic heterocycles. The summed E-state index contributed by atoms with van der Waals surface area (Å²) in [6.45, 7) is 1.94. The summed E-state index contributed by atoms with van der Waals surface area (Å²) in [6.07, 6.45) is 6.33. The molecule has 1 aliphatic carbocycles. The number of benzene rings is 2. The highest BCUT2D eigenvalue weighted by atomic mass is 16.5. The second-order valence-corrected chi connectivity index (χ2v) is 8.73. The van der Waals surface area contributed by atoms with E-state index in [9.17, 15) is 10.1 Å². The minimum atomic E-state index is -0.170. The number of carbonyl (C=O) groups excluding carboxylic acids is 1. The fraction of sp³-hybridized carbons (Fsp3) is 0.320. The number of aromatic nitrogens is 2. The second kappa shape index (κ2) is 7.50. The Kier molecular flexibility index (Phi) is 4.47. The van der Waals surface area contributed by atoms with Crippen molar-refractivity contribution in [3.63, 3.8) is 0 Å². The van der Waals surface area contributed by atoms with E-state index in [0.717, 1.165) is 42.6 Å². The van der Waals surface area contributed by atoms with E-state index in [0.29, 0.717) is 30.2 Å². The lowest BCUT2D eigenvalue weighted by molar-refractivity contribution is -0.131. The summed E-state index contributed by atoms with van der Waals surface area (Å²) >= 11 is 0. The van der Waals surface area contributed by atoms with Gasteiger partial charge in [-0.05, 0) is 60.2 Å². The summed E-state index contributed by atoms with van der Waals surface area (Å²) in [4.78, 5) is 19.6. The quantitative estimate of drug-likeness (QED) is 0.598. The number of fused-ring (bicyclic) bond motifs is 7. The lowest BCUT2D eigenvalue weighted by Crippen LogP contribution is -2.39. The van der Waals surface area contributed by atoms with E-state index in [-0.39, 0.29) is 18.0 Å². The molecule has 0 saturated carbocycles. The number of nitrogens with one attached hydrogen (secondary N) is 1. The smallest absolute Gasteiger partial charge is 0.240 e. The Morgan fingerprint density at radius 2 is 2.12 bits per heavy atom. The number of nitrogens with zero attached hydrogens (tertiary/aromatic N) is 4. The molecule has 7 heteroatoms. The van der Waals surface area contributed by atoms with Crippen LogP contribution in [0.2, 0.25) is 0 Å². The molecule has 160 valence electrons. The molecule has 1 N–H and O–H groups in total. The Hall–Kier alpha value is -3.63. The number of imidazole rings is 1. The van der Waals surface area contributed by atoms with Crippen LogP contribution in [0.25, 0.3) is 0 Å². The van der Waals surface area contributed by atoms with Gasteiger partial charge < -0.3 is 19.5 Å². The third kappa shape index (κ3) is 3.15. The molecule has 2 aromatic carbocycles. The lowest BCUT2D eigenvalue weighted by Gasteiger charge is -2.26. The van der Waals surface area contributed by atoms with Crippen LogP contribution in [-0.2, 0) is 24.3 Å². The average Bonchev–Trinajstić information content (AvgIpc) is 3.51. The number of aryl methyl sites for hydroxylation is 1. The SMILES string of the molecule is N#Cc1ccc2cc1Oc1ccc3c(c1)[C@H](CC3)N1CC[C@H](NCc3cncn3C2)C1=O. The minimum absolute atomic E-state index is 0.0769.